The molecule has 0 fully saturated rings. The van der Waals surface area contributed by atoms with Crippen molar-refractivity contribution in [2.24, 2.45) is 10.2 Å². The van der Waals surface area contributed by atoms with Gasteiger partial charge in [-0.1, -0.05) is 12.1 Å². The number of amides is 1. The van der Waals surface area contributed by atoms with Crippen LogP contribution in [0.25, 0.3) is 10.8 Å². The van der Waals surface area contributed by atoms with Gasteiger partial charge >= 0.3 is 0 Å². The fraction of sp³-hybridized carbons (Fsp3) is 0.150. The van der Waals surface area contributed by atoms with Crippen molar-refractivity contribution < 1.29 is 35.5 Å². The van der Waals surface area contributed by atoms with Crippen molar-refractivity contribution in [3.8, 4) is 5.75 Å². The van der Waals surface area contributed by atoms with Gasteiger partial charge in [-0.15, -0.1) is 5.11 Å². The van der Waals surface area contributed by atoms with E-state index >= 15 is 0 Å². The first-order valence-corrected chi connectivity index (χ1v) is 12.5. The maximum atomic E-state index is 12.0. The van der Waals surface area contributed by atoms with Gasteiger partial charge < -0.3 is 15.8 Å². The molecule has 0 aliphatic rings. The molecule has 0 atom stereocenters. The Morgan fingerprint density at radius 3 is 2.26 bits per heavy atom. The molecule has 0 saturated carbocycles. The largest absolute Gasteiger partial charge is 0.492 e. The highest BCUT2D eigenvalue weighted by atomic mass is 32.2. The SMILES string of the molecule is CCOc1cc(N=Nc2cc(S(=O)(=O)O)c3cccc(S(=O)(=O)O)c3c2)c(NC(C)=O)cc1N. The van der Waals surface area contributed by atoms with Crippen LogP contribution in [-0.4, -0.2) is 38.5 Å². The molecule has 0 saturated heterocycles. The van der Waals surface area contributed by atoms with Crippen molar-refractivity contribution in [3.63, 3.8) is 0 Å². The number of hydrogen-bond acceptors (Lipinski definition) is 9. The van der Waals surface area contributed by atoms with Gasteiger partial charge in [-0.3, -0.25) is 13.9 Å². The molecule has 34 heavy (non-hydrogen) atoms. The number of nitrogen functional groups attached to an aromatic ring is 1. The van der Waals surface area contributed by atoms with Crippen LogP contribution in [0.15, 0.2) is 62.5 Å². The summed E-state index contributed by atoms with van der Waals surface area (Å²) < 4.78 is 72.1. The highest BCUT2D eigenvalue weighted by molar-refractivity contribution is 7.86. The number of carbonyl (C=O) groups is 1. The van der Waals surface area contributed by atoms with Crippen molar-refractivity contribution in [1.29, 1.82) is 0 Å². The molecule has 0 bridgehead atoms. The molecule has 0 aliphatic carbocycles. The first-order chi connectivity index (χ1) is 15.8. The van der Waals surface area contributed by atoms with Crippen molar-refractivity contribution >= 4 is 59.7 Å². The average molecular weight is 509 g/mol. The quantitative estimate of drug-likeness (QED) is 0.209. The minimum atomic E-state index is -4.81. The Hall–Kier alpha value is -3.59. The Bertz CT molecular complexity index is 1530. The zero-order chi connectivity index (χ0) is 25.3. The third kappa shape index (κ3) is 5.48. The molecule has 0 spiro atoms. The lowest BCUT2D eigenvalue weighted by molar-refractivity contribution is -0.114. The topological polar surface area (TPSA) is 198 Å². The van der Waals surface area contributed by atoms with Crippen molar-refractivity contribution in [2.75, 3.05) is 17.7 Å². The fourth-order valence-electron chi connectivity index (χ4n) is 3.16. The van der Waals surface area contributed by atoms with Crippen LogP contribution in [0.3, 0.4) is 0 Å². The highest BCUT2D eigenvalue weighted by Crippen LogP contribution is 2.38. The van der Waals surface area contributed by atoms with Crippen LogP contribution in [0.1, 0.15) is 13.8 Å². The minimum Gasteiger partial charge on any atom is -0.492 e. The molecule has 3 rings (SSSR count). The summed E-state index contributed by atoms with van der Waals surface area (Å²) in [5.41, 5.74) is 6.27. The van der Waals surface area contributed by atoms with Crippen molar-refractivity contribution in [2.45, 2.75) is 23.6 Å². The molecule has 3 aromatic rings. The average Bonchev–Trinajstić information content (AvgIpc) is 2.72. The molecule has 0 aliphatic heterocycles. The highest BCUT2D eigenvalue weighted by Gasteiger charge is 2.21. The maximum absolute atomic E-state index is 12.0. The Balaban J connectivity index is 2.25. The number of benzene rings is 3. The van der Waals surface area contributed by atoms with Gasteiger partial charge in [0, 0.05) is 23.8 Å². The third-order valence-electron chi connectivity index (χ3n) is 4.47. The van der Waals surface area contributed by atoms with Gasteiger partial charge in [0.05, 0.1) is 23.7 Å². The molecule has 14 heteroatoms. The number of nitrogens with zero attached hydrogens (tertiary/aromatic N) is 2. The minimum absolute atomic E-state index is 0.101. The van der Waals surface area contributed by atoms with Crippen LogP contribution in [0.4, 0.5) is 22.7 Å². The number of rotatable bonds is 7. The molecule has 0 heterocycles. The summed E-state index contributed by atoms with van der Waals surface area (Å²) in [6, 6.07) is 8.50. The van der Waals surface area contributed by atoms with E-state index in [9.17, 15) is 30.7 Å². The molecule has 0 radical (unpaired) electrons. The number of ether oxygens (including phenoxy) is 1. The van der Waals surface area contributed by atoms with Crippen molar-refractivity contribution in [3.05, 3.63) is 42.5 Å². The summed E-state index contributed by atoms with van der Waals surface area (Å²) in [6.07, 6.45) is 0. The summed E-state index contributed by atoms with van der Waals surface area (Å²) in [7, 11) is -9.55. The van der Waals surface area contributed by atoms with Gasteiger partial charge in [0.15, 0.2) is 0 Å². The van der Waals surface area contributed by atoms with Crippen LogP contribution in [0.5, 0.6) is 5.75 Å². The van der Waals surface area contributed by atoms with Crippen molar-refractivity contribution in [1.82, 2.24) is 0 Å². The van der Waals surface area contributed by atoms with Crippen LogP contribution in [0.2, 0.25) is 0 Å². The van der Waals surface area contributed by atoms with Crippen LogP contribution < -0.4 is 15.8 Å². The van der Waals surface area contributed by atoms with Gasteiger partial charge in [0.25, 0.3) is 20.2 Å². The molecule has 5 N–H and O–H groups in total. The van der Waals surface area contributed by atoms with E-state index in [1.165, 1.54) is 37.3 Å². The summed E-state index contributed by atoms with van der Waals surface area (Å²) in [6.45, 7) is 3.30. The predicted octanol–water partition coefficient (Wildman–Crippen LogP) is 3.69. The molecule has 180 valence electrons. The van der Waals surface area contributed by atoms with E-state index in [2.05, 4.69) is 15.5 Å². The van der Waals surface area contributed by atoms with E-state index in [1.807, 2.05) is 0 Å². The number of hydrogen-bond donors (Lipinski definition) is 4. The molecular weight excluding hydrogens is 488 g/mol. The Labute approximate surface area is 194 Å². The summed E-state index contributed by atoms with van der Waals surface area (Å²) >= 11 is 0. The lowest BCUT2D eigenvalue weighted by Gasteiger charge is -2.12. The monoisotopic (exact) mass is 508 g/mol. The molecule has 0 aromatic heterocycles. The van der Waals surface area contributed by atoms with Crippen LogP contribution in [-0.2, 0) is 25.0 Å². The number of nitrogens with two attached hydrogens (primary N) is 1. The second-order valence-electron chi connectivity index (χ2n) is 6.97. The maximum Gasteiger partial charge on any atom is 0.295 e. The summed E-state index contributed by atoms with van der Waals surface area (Å²) in [5.74, 6) is -0.159. The summed E-state index contributed by atoms with van der Waals surface area (Å²) in [4.78, 5) is 10.3. The first kappa shape index (κ1) is 25.0. The molecule has 1 amide bonds. The van der Waals surface area contributed by atoms with E-state index in [4.69, 9.17) is 10.5 Å². The zero-order valence-electron chi connectivity index (χ0n) is 17.9. The normalized spacial score (nSPS) is 12.2. The Kier molecular flexibility index (Phi) is 6.88. The van der Waals surface area contributed by atoms with E-state index in [0.29, 0.717) is 6.61 Å². The first-order valence-electron chi connectivity index (χ1n) is 9.58. The Morgan fingerprint density at radius 1 is 1.00 bits per heavy atom. The van der Waals surface area contributed by atoms with Crippen LogP contribution in [0, 0.1) is 0 Å². The number of anilines is 2. The number of carbonyl (C=O) groups excluding carboxylic acids is 1. The standard InChI is InChI=1S/C20H20N4O8S2/c1-3-32-18-10-17(16(9-15(18)21)22-11(2)25)24-23-12-7-14-13(20(8-12)34(29,30)31)5-4-6-19(14)33(26,27)28/h4-10H,3,21H2,1-2H3,(H,22,25)(H,26,27,28)(H,29,30,31). The van der Waals surface area contributed by atoms with Crippen LogP contribution >= 0.6 is 0 Å². The molecule has 0 unspecified atom stereocenters. The summed E-state index contributed by atoms with van der Waals surface area (Å²) in [5, 5.41) is 10.2. The van der Waals surface area contributed by atoms with E-state index in [1.54, 1.807) is 6.92 Å². The van der Waals surface area contributed by atoms with E-state index in [0.717, 1.165) is 12.1 Å². The second-order valence-corrected chi connectivity index (χ2v) is 9.75. The lowest BCUT2D eigenvalue weighted by atomic mass is 10.1. The number of azo groups is 1. The van der Waals surface area contributed by atoms with Gasteiger partial charge in [-0.2, -0.15) is 21.9 Å². The Morgan fingerprint density at radius 2 is 1.68 bits per heavy atom. The van der Waals surface area contributed by atoms with E-state index in [-0.39, 0.29) is 39.3 Å². The number of nitrogens with one attached hydrogen (secondary N) is 1. The van der Waals surface area contributed by atoms with Gasteiger partial charge in [0.1, 0.15) is 21.2 Å². The lowest BCUT2D eigenvalue weighted by Crippen LogP contribution is -2.07. The third-order valence-corrected chi connectivity index (χ3v) is 6.28. The fourth-order valence-corrected chi connectivity index (χ4v) is 4.58. The molecular formula is C20H20N4O8S2. The van der Waals surface area contributed by atoms with Gasteiger partial charge in [0.2, 0.25) is 5.91 Å². The van der Waals surface area contributed by atoms with E-state index < -0.39 is 35.9 Å². The van der Waals surface area contributed by atoms with Gasteiger partial charge in [-0.25, -0.2) is 0 Å². The predicted molar refractivity (Wildman–Crippen MR) is 124 cm³/mol. The number of fused-ring (bicyclic) bond motifs is 1. The smallest absolute Gasteiger partial charge is 0.295 e. The van der Waals surface area contributed by atoms with Gasteiger partial charge in [-0.05, 0) is 31.2 Å². The molecule has 3 aromatic carbocycles. The molecule has 12 nitrogen and oxygen atoms in total. The second kappa shape index (κ2) is 9.34. The zero-order valence-corrected chi connectivity index (χ0v) is 19.5.